The lowest BCUT2D eigenvalue weighted by molar-refractivity contribution is 0.00979. The predicted molar refractivity (Wildman–Crippen MR) is 68.7 cm³/mol. The Morgan fingerprint density at radius 2 is 1.80 bits per heavy atom. The van der Waals surface area contributed by atoms with Crippen LogP contribution in [0.1, 0.15) is 5.56 Å². The third-order valence-electron chi connectivity index (χ3n) is 3.54. The summed E-state index contributed by atoms with van der Waals surface area (Å²) in [6, 6.07) is 6.42. The van der Waals surface area contributed by atoms with Crippen molar-refractivity contribution in [2.45, 2.75) is 36.2 Å². The van der Waals surface area contributed by atoms with E-state index in [4.69, 9.17) is 13.7 Å². The zero-order valence-corrected chi connectivity index (χ0v) is 11.7. The summed E-state index contributed by atoms with van der Waals surface area (Å²) < 4.78 is 40.2. The number of hydrogen-bond donors (Lipinski definition) is 1. The van der Waals surface area contributed by atoms with Crippen molar-refractivity contribution in [1.82, 2.24) is 0 Å². The first kappa shape index (κ1) is 14.0. The Morgan fingerprint density at radius 1 is 1.15 bits per heavy atom. The Balaban J connectivity index is 1.76. The molecule has 2 aliphatic rings. The summed E-state index contributed by atoms with van der Waals surface area (Å²) in [7, 11) is -3.86. The quantitative estimate of drug-likeness (QED) is 0.805. The molecule has 4 atom stereocenters. The Bertz CT molecular complexity index is 581. The summed E-state index contributed by atoms with van der Waals surface area (Å²) in [6.45, 7) is 2.11. The zero-order valence-electron chi connectivity index (χ0n) is 10.9. The van der Waals surface area contributed by atoms with Crippen LogP contribution < -0.4 is 0 Å². The van der Waals surface area contributed by atoms with Gasteiger partial charge in [-0.15, -0.1) is 0 Å². The summed E-state index contributed by atoms with van der Waals surface area (Å²) in [6.07, 6.45) is -2.49. The van der Waals surface area contributed by atoms with Crippen LogP contribution in [0.4, 0.5) is 0 Å². The van der Waals surface area contributed by atoms with E-state index in [1.165, 1.54) is 12.1 Å². The summed E-state index contributed by atoms with van der Waals surface area (Å²) >= 11 is 0. The van der Waals surface area contributed by atoms with Gasteiger partial charge < -0.3 is 14.6 Å². The first-order valence-electron chi connectivity index (χ1n) is 6.38. The lowest BCUT2D eigenvalue weighted by atomic mass is 10.1. The van der Waals surface area contributed by atoms with E-state index in [1.54, 1.807) is 12.1 Å². The number of rotatable bonds is 3. The number of fused-ring (bicyclic) bond motifs is 1. The largest absolute Gasteiger partial charge is 0.388 e. The Morgan fingerprint density at radius 3 is 2.50 bits per heavy atom. The molecule has 110 valence electrons. The zero-order chi connectivity index (χ0) is 14.3. The van der Waals surface area contributed by atoms with Crippen molar-refractivity contribution in [1.29, 1.82) is 0 Å². The first-order valence-corrected chi connectivity index (χ1v) is 7.79. The van der Waals surface area contributed by atoms with Crippen LogP contribution in [0.2, 0.25) is 0 Å². The maximum atomic E-state index is 12.2. The number of hydrogen-bond acceptors (Lipinski definition) is 6. The highest BCUT2D eigenvalue weighted by Crippen LogP contribution is 2.30. The van der Waals surface area contributed by atoms with Gasteiger partial charge in [-0.05, 0) is 19.1 Å². The lowest BCUT2D eigenvalue weighted by Gasteiger charge is -2.16. The molecule has 6 nitrogen and oxygen atoms in total. The molecule has 2 aliphatic heterocycles. The fourth-order valence-corrected chi connectivity index (χ4v) is 3.52. The number of aryl methyl sites for hydroxylation is 1. The molecule has 0 bridgehead atoms. The van der Waals surface area contributed by atoms with Crippen LogP contribution in [-0.4, -0.2) is 51.2 Å². The van der Waals surface area contributed by atoms with Gasteiger partial charge in [0.1, 0.15) is 24.4 Å². The van der Waals surface area contributed by atoms with Gasteiger partial charge in [0.2, 0.25) is 0 Å². The van der Waals surface area contributed by atoms with Crippen molar-refractivity contribution >= 4 is 10.1 Å². The lowest BCUT2D eigenvalue weighted by Crippen LogP contribution is -2.34. The molecule has 0 radical (unpaired) electrons. The topological polar surface area (TPSA) is 82.1 Å². The minimum absolute atomic E-state index is 0.0947. The van der Waals surface area contributed by atoms with Crippen molar-refractivity contribution in [2.75, 3.05) is 13.2 Å². The monoisotopic (exact) mass is 300 g/mol. The molecule has 0 saturated carbocycles. The van der Waals surface area contributed by atoms with Crippen molar-refractivity contribution in [3.63, 3.8) is 0 Å². The summed E-state index contributed by atoms with van der Waals surface area (Å²) in [4.78, 5) is 0.102. The molecule has 1 aromatic rings. The Labute approximate surface area is 117 Å². The standard InChI is InChI=1S/C13H16O6S/c1-8-2-4-9(5-3-8)20(15,16)19-11-7-18-12-10(14)6-17-13(11)12/h2-5,10-14H,6-7H2,1H3/t10-,11+,12-,13-/m1/s1. The highest BCUT2D eigenvalue weighted by molar-refractivity contribution is 7.86. The van der Waals surface area contributed by atoms with E-state index in [0.29, 0.717) is 0 Å². The number of aliphatic hydroxyl groups is 1. The van der Waals surface area contributed by atoms with Gasteiger partial charge in [0, 0.05) is 0 Å². The number of ether oxygens (including phenoxy) is 2. The average molecular weight is 300 g/mol. The van der Waals surface area contributed by atoms with Gasteiger partial charge in [0.25, 0.3) is 10.1 Å². The molecule has 0 aliphatic carbocycles. The molecule has 2 saturated heterocycles. The fraction of sp³-hybridized carbons (Fsp3) is 0.538. The number of aliphatic hydroxyl groups excluding tert-OH is 1. The van der Waals surface area contributed by atoms with Gasteiger partial charge >= 0.3 is 0 Å². The van der Waals surface area contributed by atoms with Gasteiger partial charge in [-0.1, -0.05) is 17.7 Å². The van der Waals surface area contributed by atoms with Crippen LogP contribution in [0.3, 0.4) is 0 Å². The van der Waals surface area contributed by atoms with E-state index in [2.05, 4.69) is 0 Å². The van der Waals surface area contributed by atoms with Crippen LogP contribution in [0.25, 0.3) is 0 Å². The van der Waals surface area contributed by atoms with Crippen LogP contribution in [0, 0.1) is 6.92 Å². The molecule has 0 unspecified atom stereocenters. The predicted octanol–water partition coefficient (Wildman–Crippen LogP) is 0.227. The highest BCUT2D eigenvalue weighted by atomic mass is 32.2. The maximum absolute atomic E-state index is 12.2. The second-order valence-corrected chi connectivity index (χ2v) is 6.64. The van der Waals surface area contributed by atoms with Gasteiger partial charge in [0.15, 0.2) is 0 Å². The molecule has 0 spiro atoms. The second-order valence-electron chi connectivity index (χ2n) is 5.07. The summed E-state index contributed by atoms with van der Waals surface area (Å²) in [5.74, 6) is 0. The fourth-order valence-electron chi connectivity index (χ4n) is 2.45. The molecule has 2 fully saturated rings. The summed E-state index contributed by atoms with van der Waals surface area (Å²) in [5.41, 5.74) is 0.968. The van der Waals surface area contributed by atoms with Gasteiger partial charge in [-0.2, -0.15) is 8.42 Å². The molecule has 3 rings (SSSR count). The van der Waals surface area contributed by atoms with E-state index in [9.17, 15) is 13.5 Å². The Kier molecular flexibility index (Phi) is 3.55. The van der Waals surface area contributed by atoms with Crippen molar-refractivity contribution in [3.05, 3.63) is 29.8 Å². The summed E-state index contributed by atoms with van der Waals surface area (Å²) in [5, 5.41) is 9.61. The van der Waals surface area contributed by atoms with Gasteiger partial charge in [-0.25, -0.2) is 0 Å². The minimum atomic E-state index is -3.86. The Hall–Kier alpha value is -0.990. The van der Waals surface area contributed by atoms with E-state index in [1.807, 2.05) is 6.92 Å². The highest BCUT2D eigenvalue weighted by Gasteiger charge is 2.49. The van der Waals surface area contributed by atoms with Crippen LogP contribution in [-0.2, 0) is 23.8 Å². The molecular weight excluding hydrogens is 284 g/mol. The molecule has 0 amide bonds. The SMILES string of the molecule is Cc1ccc(S(=O)(=O)O[C@H]2CO[C@H]3[C@@H]2OC[C@H]3O)cc1. The molecule has 7 heteroatoms. The van der Waals surface area contributed by atoms with Crippen LogP contribution in [0.5, 0.6) is 0 Å². The molecular formula is C13H16O6S. The average Bonchev–Trinajstić information content (AvgIpc) is 2.95. The molecule has 1 aromatic carbocycles. The van der Waals surface area contributed by atoms with E-state index < -0.39 is 34.5 Å². The molecule has 2 heterocycles. The smallest absolute Gasteiger partial charge is 0.297 e. The third-order valence-corrected chi connectivity index (χ3v) is 4.89. The molecule has 0 aromatic heterocycles. The van der Waals surface area contributed by atoms with E-state index in [0.717, 1.165) is 5.56 Å². The van der Waals surface area contributed by atoms with Crippen molar-refractivity contribution in [2.24, 2.45) is 0 Å². The van der Waals surface area contributed by atoms with Crippen LogP contribution >= 0.6 is 0 Å². The van der Waals surface area contributed by atoms with Crippen molar-refractivity contribution < 1.29 is 27.2 Å². The van der Waals surface area contributed by atoms with Crippen molar-refractivity contribution in [3.8, 4) is 0 Å². The first-order chi connectivity index (χ1) is 9.47. The van der Waals surface area contributed by atoms with Crippen LogP contribution in [0.15, 0.2) is 29.2 Å². The second kappa shape index (κ2) is 5.09. The number of benzene rings is 1. The van der Waals surface area contributed by atoms with Gasteiger partial charge in [0.05, 0.1) is 18.1 Å². The molecule has 20 heavy (non-hydrogen) atoms. The normalized spacial score (nSPS) is 33.3. The molecule has 1 N–H and O–H groups in total. The minimum Gasteiger partial charge on any atom is -0.388 e. The third kappa shape index (κ3) is 2.47. The van der Waals surface area contributed by atoms with E-state index >= 15 is 0 Å². The van der Waals surface area contributed by atoms with E-state index in [-0.39, 0.29) is 18.1 Å². The van der Waals surface area contributed by atoms with Gasteiger partial charge in [-0.3, -0.25) is 4.18 Å². The maximum Gasteiger partial charge on any atom is 0.297 e.